The molecule has 1 rings (SSSR count). The van der Waals surface area contributed by atoms with Crippen LogP contribution in [0.5, 0.6) is 5.75 Å². The zero-order valence-corrected chi connectivity index (χ0v) is 9.47. The minimum atomic E-state index is -0.450. The standard InChI is InChI=1S/C11H16N2O3/c1-8(12)3-4-9-5-6-10(13(14)15)11(7-9)16-2/h5-8H,3-4,12H2,1-2H3/t8-/m1/s1. The lowest BCUT2D eigenvalue weighted by Crippen LogP contribution is -2.15. The molecule has 0 heterocycles. The molecule has 0 amide bonds. The van der Waals surface area contributed by atoms with Gasteiger partial charge in [0, 0.05) is 12.1 Å². The lowest BCUT2D eigenvalue weighted by molar-refractivity contribution is -0.385. The number of benzene rings is 1. The first-order valence-electron chi connectivity index (χ1n) is 5.11. The lowest BCUT2D eigenvalue weighted by Gasteiger charge is -2.07. The normalized spacial score (nSPS) is 12.2. The number of rotatable bonds is 5. The highest BCUT2D eigenvalue weighted by Crippen LogP contribution is 2.27. The van der Waals surface area contributed by atoms with Crippen LogP contribution in [0.4, 0.5) is 5.69 Å². The van der Waals surface area contributed by atoms with Gasteiger partial charge in [0.15, 0.2) is 5.75 Å². The Morgan fingerprint density at radius 1 is 1.56 bits per heavy atom. The van der Waals surface area contributed by atoms with Crippen LogP contribution in [0.1, 0.15) is 18.9 Å². The molecule has 5 nitrogen and oxygen atoms in total. The molecule has 0 aliphatic carbocycles. The van der Waals surface area contributed by atoms with E-state index in [9.17, 15) is 10.1 Å². The molecular formula is C11H16N2O3. The van der Waals surface area contributed by atoms with Gasteiger partial charge in [-0.1, -0.05) is 6.07 Å². The Kier molecular flexibility index (Phi) is 4.25. The number of hydrogen-bond donors (Lipinski definition) is 1. The third kappa shape index (κ3) is 3.20. The molecule has 0 aliphatic rings. The van der Waals surface area contributed by atoms with E-state index in [0.29, 0.717) is 5.75 Å². The van der Waals surface area contributed by atoms with E-state index in [1.54, 1.807) is 12.1 Å². The molecule has 0 fully saturated rings. The molecule has 1 aromatic rings. The number of ether oxygens (including phenoxy) is 1. The van der Waals surface area contributed by atoms with Gasteiger partial charge >= 0.3 is 5.69 Å². The Labute approximate surface area is 94.4 Å². The van der Waals surface area contributed by atoms with Crippen molar-refractivity contribution in [2.24, 2.45) is 5.73 Å². The van der Waals surface area contributed by atoms with Crippen molar-refractivity contribution in [2.45, 2.75) is 25.8 Å². The number of nitrogens with two attached hydrogens (primary N) is 1. The maximum Gasteiger partial charge on any atom is 0.310 e. The van der Waals surface area contributed by atoms with Gasteiger partial charge in [-0.25, -0.2) is 0 Å². The summed E-state index contributed by atoms with van der Waals surface area (Å²) in [5, 5.41) is 10.7. The van der Waals surface area contributed by atoms with Crippen molar-refractivity contribution in [1.82, 2.24) is 0 Å². The fourth-order valence-corrected chi connectivity index (χ4v) is 1.42. The van der Waals surface area contributed by atoms with E-state index in [1.807, 2.05) is 6.92 Å². The maximum absolute atomic E-state index is 10.7. The van der Waals surface area contributed by atoms with Gasteiger partial charge in [0.1, 0.15) is 0 Å². The quantitative estimate of drug-likeness (QED) is 0.611. The smallest absolute Gasteiger partial charge is 0.310 e. The molecule has 88 valence electrons. The highest BCUT2D eigenvalue weighted by Gasteiger charge is 2.14. The number of nitrogens with zero attached hydrogens (tertiary/aromatic N) is 1. The van der Waals surface area contributed by atoms with Gasteiger partial charge in [0.2, 0.25) is 0 Å². The number of methoxy groups -OCH3 is 1. The first-order chi connectivity index (χ1) is 7.54. The molecule has 1 atom stereocenters. The molecule has 16 heavy (non-hydrogen) atoms. The van der Waals surface area contributed by atoms with Gasteiger partial charge in [0.05, 0.1) is 12.0 Å². The van der Waals surface area contributed by atoms with Gasteiger partial charge in [-0.15, -0.1) is 0 Å². The SMILES string of the molecule is COc1cc(CC[C@@H](C)N)ccc1[N+](=O)[O-]. The Morgan fingerprint density at radius 2 is 2.25 bits per heavy atom. The molecule has 0 spiro atoms. The van der Waals surface area contributed by atoms with Gasteiger partial charge < -0.3 is 10.5 Å². The van der Waals surface area contributed by atoms with Crippen molar-refractivity contribution in [3.05, 3.63) is 33.9 Å². The van der Waals surface area contributed by atoms with E-state index >= 15 is 0 Å². The Morgan fingerprint density at radius 3 is 2.75 bits per heavy atom. The van der Waals surface area contributed by atoms with Crippen LogP contribution < -0.4 is 10.5 Å². The van der Waals surface area contributed by atoms with Crippen LogP contribution in [0.15, 0.2) is 18.2 Å². The highest BCUT2D eigenvalue weighted by atomic mass is 16.6. The van der Waals surface area contributed by atoms with Crippen molar-refractivity contribution in [3.8, 4) is 5.75 Å². The number of hydrogen-bond acceptors (Lipinski definition) is 4. The van der Waals surface area contributed by atoms with Crippen LogP contribution in [0, 0.1) is 10.1 Å². The van der Waals surface area contributed by atoms with Crippen molar-refractivity contribution < 1.29 is 9.66 Å². The van der Waals surface area contributed by atoms with Gasteiger partial charge in [-0.3, -0.25) is 10.1 Å². The van der Waals surface area contributed by atoms with E-state index in [1.165, 1.54) is 13.2 Å². The summed E-state index contributed by atoms with van der Waals surface area (Å²) in [6.07, 6.45) is 1.65. The van der Waals surface area contributed by atoms with Crippen LogP contribution in [-0.4, -0.2) is 18.1 Å². The van der Waals surface area contributed by atoms with E-state index in [2.05, 4.69) is 0 Å². The average Bonchev–Trinajstić information content (AvgIpc) is 2.25. The summed E-state index contributed by atoms with van der Waals surface area (Å²) in [7, 11) is 1.43. The summed E-state index contributed by atoms with van der Waals surface area (Å²) in [5.74, 6) is 0.298. The Bertz CT molecular complexity index is 377. The van der Waals surface area contributed by atoms with Crippen LogP contribution in [0.25, 0.3) is 0 Å². The molecule has 0 saturated heterocycles. The summed E-state index contributed by atoms with van der Waals surface area (Å²) >= 11 is 0. The second-order valence-corrected chi connectivity index (χ2v) is 3.78. The third-order valence-corrected chi connectivity index (χ3v) is 2.33. The second-order valence-electron chi connectivity index (χ2n) is 3.78. The first kappa shape index (κ1) is 12.4. The minimum absolute atomic E-state index is 0.00736. The Hall–Kier alpha value is -1.62. The van der Waals surface area contributed by atoms with Crippen molar-refractivity contribution >= 4 is 5.69 Å². The van der Waals surface area contributed by atoms with Crippen molar-refractivity contribution in [3.63, 3.8) is 0 Å². The monoisotopic (exact) mass is 224 g/mol. The van der Waals surface area contributed by atoms with Crippen molar-refractivity contribution in [2.75, 3.05) is 7.11 Å². The highest BCUT2D eigenvalue weighted by molar-refractivity contribution is 5.48. The third-order valence-electron chi connectivity index (χ3n) is 2.33. The predicted molar refractivity (Wildman–Crippen MR) is 61.6 cm³/mol. The fraction of sp³-hybridized carbons (Fsp3) is 0.455. The molecule has 0 bridgehead atoms. The summed E-state index contributed by atoms with van der Waals surface area (Å²) in [5.41, 5.74) is 6.64. The molecule has 2 N–H and O–H groups in total. The lowest BCUT2D eigenvalue weighted by atomic mass is 10.1. The van der Waals surface area contributed by atoms with Gasteiger partial charge in [-0.05, 0) is 31.4 Å². The topological polar surface area (TPSA) is 78.4 Å². The van der Waals surface area contributed by atoms with Crippen LogP contribution in [-0.2, 0) is 6.42 Å². The molecule has 0 aliphatic heterocycles. The summed E-state index contributed by atoms with van der Waals surface area (Å²) in [6, 6.07) is 5.03. The zero-order valence-electron chi connectivity index (χ0n) is 9.47. The molecule has 1 aromatic carbocycles. The fourth-order valence-electron chi connectivity index (χ4n) is 1.42. The van der Waals surface area contributed by atoms with Crippen LogP contribution in [0.2, 0.25) is 0 Å². The molecule has 0 radical (unpaired) electrons. The molecule has 0 aromatic heterocycles. The predicted octanol–water partition coefficient (Wildman–Crippen LogP) is 1.88. The second kappa shape index (κ2) is 5.46. The molecule has 5 heteroatoms. The first-order valence-corrected chi connectivity index (χ1v) is 5.11. The average molecular weight is 224 g/mol. The van der Waals surface area contributed by atoms with Crippen LogP contribution in [0.3, 0.4) is 0 Å². The van der Waals surface area contributed by atoms with Crippen LogP contribution >= 0.6 is 0 Å². The molecule has 0 unspecified atom stereocenters. The Balaban J connectivity index is 2.86. The van der Waals surface area contributed by atoms with E-state index in [0.717, 1.165) is 18.4 Å². The summed E-state index contributed by atoms with van der Waals surface area (Å²) in [4.78, 5) is 10.2. The summed E-state index contributed by atoms with van der Waals surface area (Å²) in [6.45, 7) is 1.93. The number of nitro groups is 1. The molecule has 0 saturated carbocycles. The van der Waals surface area contributed by atoms with Gasteiger partial charge in [-0.2, -0.15) is 0 Å². The van der Waals surface area contributed by atoms with Crippen molar-refractivity contribution in [1.29, 1.82) is 0 Å². The van der Waals surface area contributed by atoms with E-state index in [-0.39, 0.29) is 11.7 Å². The minimum Gasteiger partial charge on any atom is -0.490 e. The maximum atomic E-state index is 10.7. The largest absolute Gasteiger partial charge is 0.490 e. The van der Waals surface area contributed by atoms with E-state index in [4.69, 9.17) is 10.5 Å². The summed E-state index contributed by atoms with van der Waals surface area (Å²) < 4.78 is 4.98. The number of aryl methyl sites for hydroxylation is 1. The van der Waals surface area contributed by atoms with Gasteiger partial charge in [0.25, 0.3) is 0 Å². The molecular weight excluding hydrogens is 208 g/mol. The number of nitro benzene ring substituents is 1. The zero-order chi connectivity index (χ0) is 12.1. The van der Waals surface area contributed by atoms with E-state index < -0.39 is 4.92 Å².